The zero-order valence-electron chi connectivity index (χ0n) is 14.5. The Balaban J connectivity index is 2.60. The van der Waals surface area contributed by atoms with Gasteiger partial charge in [-0.25, -0.2) is 0 Å². The Bertz CT molecular complexity index is 741. The molecule has 0 fully saturated rings. The summed E-state index contributed by atoms with van der Waals surface area (Å²) in [4.78, 5) is 0. The molecule has 0 aliphatic heterocycles. The number of hydrogen-bond donors (Lipinski definition) is 1. The molecule has 0 aliphatic carbocycles. The third-order valence-corrected chi connectivity index (χ3v) is 4.17. The summed E-state index contributed by atoms with van der Waals surface area (Å²) in [6, 6.07) is 10.0. The van der Waals surface area contributed by atoms with Crippen molar-refractivity contribution in [1.82, 2.24) is 0 Å². The van der Waals surface area contributed by atoms with Crippen LogP contribution in [0.5, 0.6) is 0 Å². The maximum Gasteiger partial charge on any atom is 0.430 e. The first-order valence-corrected chi connectivity index (χ1v) is 8.23. The highest BCUT2D eigenvalue weighted by Crippen LogP contribution is 2.53. The third-order valence-electron chi connectivity index (χ3n) is 4.17. The molecule has 0 aromatic heterocycles. The van der Waals surface area contributed by atoms with E-state index < -0.39 is 30.1 Å². The number of anilines is 1. The molecule has 0 bridgehead atoms. The smallest absolute Gasteiger partial charge is 0.399 e. The van der Waals surface area contributed by atoms with Crippen LogP contribution < -0.4 is 5.73 Å². The molecule has 0 atom stereocenters. The number of halogens is 6. The second-order valence-corrected chi connectivity index (χ2v) is 6.11. The molecule has 2 aromatic rings. The van der Waals surface area contributed by atoms with Gasteiger partial charge in [0.1, 0.15) is 0 Å². The fourth-order valence-corrected chi connectivity index (χ4v) is 2.81. The molecule has 0 radical (unpaired) electrons. The Morgan fingerprint density at radius 1 is 0.889 bits per heavy atom. The van der Waals surface area contributed by atoms with Crippen molar-refractivity contribution in [3.05, 3.63) is 65.2 Å². The SMILES string of the molecule is CCCc1cc(C(OCc2ccccc2)(C(F)(F)F)C(F)(F)F)ccc1N. The lowest BCUT2D eigenvalue weighted by Crippen LogP contribution is -2.55. The number of nitrogen functional groups attached to an aromatic ring is 1. The molecule has 2 nitrogen and oxygen atoms in total. The summed E-state index contributed by atoms with van der Waals surface area (Å²) in [6.07, 6.45) is -10.7. The molecule has 8 heteroatoms. The van der Waals surface area contributed by atoms with Gasteiger partial charge in [-0.1, -0.05) is 55.8 Å². The first-order chi connectivity index (χ1) is 12.5. The number of ether oxygens (including phenoxy) is 1. The van der Waals surface area contributed by atoms with Crippen LogP contribution >= 0.6 is 0 Å². The lowest BCUT2D eigenvalue weighted by molar-refractivity contribution is -0.392. The first kappa shape index (κ1) is 21.1. The van der Waals surface area contributed by atoms with Crippen LogP contribution in [0.15, 0.2) is 48.5 Å². The average molecular weight is 391 g/mol. The van der Waals surface area contributed by atoms with Gasteiger partial charge in [-0.15, -0.1) is 0 Å². The van der Waals surface area contributed by atoms with Gasteiger partial charge >= 0.3 is 12.4 Å². The van der Waals surface area contributed by atoms with E-state index in [1.807, 2.05) is 0 Å². The summed E-state index contributed by atoms with van der Waals surface area (Å²) >= 11 is 0. The molecule has 0 heterocycles. The zero-order chi connectivity index (χ0) is 20.3. The van der Waals surface area contributed by atoms with E-state index in [2.05, 4.69) is 4.74 Å². The van der Waals surface area contributed by atoms with Crippen molar-refractivity contribution in [1.29, 1.82) is 0 Å². The van der Waals surface area contributed by atoms with Crippen molar-refractivity contribution in [2.75, 3.05) is 5.73 Å². The highest BCUT2D eigenvalue weighted by Gasteiger charge is 2.73. The normalized spacial score (nSPS) is 13.0. The molecule has 2 rings (SSSR count). The van der Waals surface area contributed by atoms with Gasteiger partial charge in [0, 0.05) is 11.3 Å². The van der Waals surface area contributed by atoms with Gasteiger partial charge in [0.05, 0.1) is 6.61 Å². The zero-order valence-corrected chi connectivity index (χ0v) is 14.5. The molecular weight excluding hydrogens is 372 g/mol. The van der Waals surface area contributed by atoms with E-state index in [-0.39, 0.29) is 23.2 Å². The fraction of sp³-hybridized carbons (Fsp3) is 0.368. The van der Waals surface area contributed by atoms with E-state index in [4.69, 9.17) is 5.73 Å². The third kappa shape index (κ3) is 4.21. The summed E-state index contributed by atoms with van der Waals surface area (Å²) in [5.74, 6) is 0. The second-order valence-electron chi connectivity index (χ2n) is 6.11. The summed E-state index contributed by atoms with van der Waals surface area (Å²) < 4.78 is 87.4. The van der Waals surface area contributed by atoms with Crippen molar-refractivity contribution in [2.45, 2.75) is 44.3 Å². The van der Waals surface area contributed by atoms with Crippen LogP contribution in [-0.4, -0.2) is 12.4 Å². The lowest BCUT2D eigenvalue weighted by atomic mass is 9.89. The Morgan fingerprint density at radius 3 is 2.00 bits per heavy atom. The van der Waals surface area contributed by atoms with E-state index >= 15 is 0 Å². The van der Waals surface area contributed by atoms with Gasteiger partial charge in [-0.3, -0.25) is 0 Å². The van der Waals surface area contributed by atoms with Gasteiger partial charge in [0.2, 0.25) is 0 Å². The molecule has 148 valence electrons. The van der Waals surface area contributed by atoms with Crippen LogP contribution in [0.1, 0.15) is 30.0 Å². The number of nitrogens with two attached hydrogens (primary N) is 1. The van der Waals surface area contributed by atoms with Crippen molar-refractivity contribution >= 4 is 5.69 Å². The second kappa shape index (κ2) is 7.80. The maximum atomic E-state index is 13.8. The minimum atomic E-state index is -5.72. The van der Waals surface area contributed by atoms with E-state index in [1.54, 1.807) is 13.0 Å². The molecule has 2 N–H and O–H groups in total. The lowest BCUT2D eigenvalue weighted by Gasteiger charge is -2.37. The van der Waals surface area contributed by atoms with Gasteiger partial charge in [0.15, 0.2) is 0 Å². The number of alkyl halides is 6. The van der Waals surface area contributed by atoms with Gasteiger partial charge in [0.25, 0.3) is 5.60 Å². The van der Waals surface area contributed by atoms with Gasteiger partial charge in [-0.2, -0.15) is 26.3 Å². The largest absolute Gasteiger partial charge is 0.430 e. The van der Waals surface area contributed by atoms with Gasteiger partial charge in [-0.05, 0) is 23.6 Å². The molecule has 0 aliphatic rings. The highest BCUT2D eigenvalue weighted by atomic mass is 19.4. The number of hydrogen-bond acceptors (Lipinski definition) is 2. The summed E-state index contributed by atoms with van der Waals surface area (Å²) in [5, 5.41) is 0. The predicted octanol–water partition coefficient (Wildman–Crippen LogP) is 5.76. The quantitative estimate of drug-likeness (QED) is 0.502. The summed E-state index contributed by atoms with van der Waals surface area (Å²) in [7, 11) is 0. The number of aryl methyl sites for hydroxylation is 1. The van der Waals surface area contributed by atoms with Crippen LogP contribution in [0.2, 0.25) is 0 Å². The van der Waals surface area contributed by atoms with Crippen LogP contribution in [0.3, 0.4) is 0 Å². The van der Waals surface area contributed by atoms with E-state index in [0.717, 1.165) is 18.2 Å². The first-order valence-electron chi connectivity index (χ1n) is 8.23. The van der Waals surface area contributed by atoms with Crippen molar-refractivity contribution in [3.8, 4) is 0 Å². The Morgan fingerprint density at radius 2 is 1.48 bits per heavy atom. The van der Waals surface area contributed by atoms with Crippen LogP contribution in [-0.2, 0) is 23.4 Å². The Kier molecular flexibility index (Phi) is 6.09. The van der Waals surface area contributed by atoms with E-state index in [1.165, 1.54) is 24.3 Å². The highest BCUT2D eigenvalue weighted by molar-refractivity contribution is 5.50. The van der Waals surface area contributed by atoms with Crippen LogP contribution in [0, 0.1) is 0 Å². The summed E-state index contributed by atoms with van der Waals surface area (Å²) in [6.45, 7) is 0.895. The standard InChI is InChI=1S/C19H19F6NO/c1-2-6-14-11-15(9-10-16(14)26)17(18(20,21)22,19(23,24)25)27-12-13-7-4-3-5-8-13/h3-5,7-11H,2,6,12,26H2,1H3. The monoisotopic (exact) mass is 391 g/mol. The topological polar surface area (TPSA) is 35.2 Å². The molecule has 0 saturated carbocycles. The van der Waals surface area contributed by atoms with Crippen molar-refractivity contribution < 1.29 is 31.1 Å². The average Bonchev–Trinajstić information content (AvgIpc) is 2.57. The Labute approximate surface area is 152 Å². The maximum absolute atomic E-state index is 13.8. The van der Waals surface area contributed by atoms with Crippen molar-refractivity contribution in [3.63, 3.8) is 0 Å². The van der Waals surface area contributed by atoms with Crippen LogP contribution in [0.25, 0.3) is 0 Å². The van der Waals surface area contributed by atoms with E-state index in [9.17, 15) is 26.3 Å². The molecular formula is C19H19F6NO. The molecule has 0 amide bonds. The predicted molar refractivity (Wildman–Crippen MR) is 89.9 cm³/mol. The van der Waals surface area contributed by atoms with E-state index in [0.29, 0.717) is 6.42 Å². The minimum absolute atomic E-state index is 0.141. The van der Waals surface area contributed by atoms with Crippen molar-refractivity contribution in [2.24, 2.45) is 0 Å². The Hall–Kier alpha value is -2.22. The number of rotatable bonds is 6. The summed E-state index contributed by atoms with van der Waals surface area (Å²) in [5.41, 5.74) is 0.768. The number of benzene rings is 2. The molecule has 0 spiro atoms. The molecule has 27 heavy (non-hydrogen) atoms. The van der Waals surface area contributed by atoms with Gasteiger partial charge < -0.3 is 10.5 Å². The van der Waals surface area contributed by atoms with Crippen LogP contribution in [0.4, 0.5) is 32.0 Å². The minimum Gasteiger partial charge on any atom is -0.399 e. The molecule has 0 saturated heterocycles. The molecule has 2 aromatic carbocycles. The fourth-order valence-electron chi connectivity index (χ4n) is 2.81. The molecule has 0 unspecified atom stereocenters.